The summed E-state index contributed by atoms with van der Waals surface area (Å²) in [5, 5.41) is 3.41. The van der Waals surface area contributed by atoms with E-state index in [0.717, 1.165) is 64.2 Å². The normalized spacial score (nSPS) is 18.5. The van der Waals surface area contributed by atoms with Crippen molar-refractivity contribution in [2.24, 2.45) is 4.99 Å². The highest BCUT2D eigenvalue weighted by atomic mass is 16.2. The van der Waals surface area contributed by atoms with Crippen LogP contribution in [0, 0.1) is 0 Å². The number of likely N-dealkylation sites (N-methyl/N-ethyl adjacent to an activating group) is 1. The van der Waals surface area contributed by atoms with Crippen molar-refractivity contribution in [1.82, 2.24) is 20.0 Å². The number of amides is 1. The van der Waals surface area contributed by atoms with Crippen molar-refractivity contribution in [3.63, 3.8) is 0 Å². The quantitative estimate of drug-likeness (QED) is 0.299. The molecule has 1 fully saturated rings. The molecule has 0 aromatic carbocycles. The molecule has 138 valence electrons. The van der Waals surface area contributed by atoms with Gasteiger partial charge < -0.3 is 15.1 Å². The lowest BCUT2D eigenvalue weighted by molar-refractivity contribution is -0.133. The van der Waals surface area contributed by atoms with Crippen LogP contribution in [-0.4, -0.2) is 87.0 Å². The first-order valence-corrected chi connectivity index (χ1v) is 8.99. The van der Waals surface area contributed by atoms with Crippen LogP contribution in [0.3, 0.4) is 0 Å². The van der Waals surface area contributed by atoms with Crippen LogP contribution < -0.4 is 5.32 Å². The van der Waals surface area contributed by atoms with E-state index in [-0.39, 0.29) is 11.9 Å². The van der Waals surface area contributed by atoms with Crippen molar-refractivity contribution < 1.29 is 4.79 Å². The minimum absolute atomic E-state index is 0.0703. The molecular weight excluding hydrogens is 302 g/mol. The van der Waals surface area contributed by atoms with Crippen molar-refractivity contribution in [1.29, 1.82) is 0 Å². The van der Waals surface area contributed by atoms with Gasteiger partial charge in [0.2, 0.25) is 5.91 Å². The molecule has 1 rings (SSSR count). The van der Waals surface area contributed by atoms with Crippen LogP contribution >= 0.6 is 0 Å². The first-order chi connectivity index (χ1) is 11.5. The molecule has 24 heavy (non-hydrogen) atoms. The fourth-order valence-corrected chi connectivity index (χ4v) is 3.12. The van der Waals surface area contributed by atoms with E-state index < -0.39 is 0 Å². The SMILES string of the molecule is C=CCCCN(C)C(=NC)NCCCN1CCCC1C(=O)N(C)C. The maximum absolute atomic E-state index is 12.2. The number of rotatable bonds is 9. The van der Waals surface area contributed by atoms with Crippen LogP contribution in [0.1, 0.15) is 32.1 Å². The smallest absolute Gasteiger partial charge is 0.239 e. The van der Waals surface area contributed by atoms with E-state index in [2.05, 4.69) is 33.7 Å². The summed E-state index contributed by atoms with van der Waals surface area (Å²) in [6.45, 7) is 7.58. The van der Waals surface area contributed by atoms with Gasteiger partial charge in [-0.3, -0.25) is 14.7 Å². The van der Waals surface area contributed by atoms with Crippen LogP contribution in [0.15, 0.2) is 17.6 Å². The molecule has 1 atom stereocenters. The first kappa shape index (κ1) is 20.5. The van der Waals surface area contributed by atoms with Gasteiger partial charge in [-0.2, -0.15) is 0 Å². The van der Waals surface area contributed by atoms with Crippen molar-refractivity contribution in [3.05, 3.63) is 12.7 Å². The molecule has 1 heterocycles. The molecule has 0 aromatic rings. The molecule has 0 radical (unpaired) electrons. The Morgan fingerprint density at radius 2 is 2.12 bits per heavy atom. The highest BCUT2D eigenvalue weighted by Crippen LogP contribution is 2.18. The zero-order valence-corrected chi connectivity index (χ0v) is 15.9. The summed E-state index contributed by atoms with van der Waals surface area (Å²) in [7, 11) is 7.56. The molecule has 1 aliphatic rings. The Kier molecular flexibility index (Phi) is 9.45. The molecule has 0 saturated carbocycles. The lowest BCUT2D eigenvalue weighted by atomic mass is 10.2. The van der Waals surface area contributed by atoms with Crippen molar-refractivity contribution in [3.8, 4) is 0 Å². The van der Waals surface area contributed by atoms with Gasteiger partial charge in [0, 0.05) is 47.8 Å². The molecule has 0 aromatic heterocycles. The molecular formula is C18H35N5O. The van der Waals surface area contributed by atoms with Crippen molar-refractivity contribution in [2.45, 2.75) is 38.1 Å². The molecule has 0 aliphatic carbocycles. The number of allylic oxidation sites excluding steroid dienone is 1. The van der Waals surface area contributed by atoms with Gasteiger partial charge in [0.25, 0.3) is 0 Å². The Morgan fingerprint density at radius 1 is 1.38 bits per heavy atom. The number of carbonyl (C=O) groups excluding carboxylic acids is 1. The second kappa shape index (κ2) is 11.1. The number of hydrogen-bond donors (Lipinski definition) is 1. The fraction of sp³-hybridized carbons (Fsp3) is 0.778. The fourth-order valence-electron chi connectivity index (χ4n) is 3.12. The van der Waals surface area contributed by atoms with Crippen LogP contribution in [0.2, 0.25) is 0 Å². The second-order valence-corrected chi connectivity index (χ2v) is 6.61. The number of hydrogen-bond acceptors (Lipinski definition) is 3. The largest absolute Gasteiger partial charge is 0.356 e. The number of carbonyl (C=O) groups is 1. The highest BCUT2D eigenvalue weighted by Gasteiger charge is 2.30. The molecule has 1 N–H and O–H groups in total. The van der Waals surface area contributed by atoms with E-state index in [1.807, 2.05) is 27.2 Å². The van der Waals surface area contributed by atoms with E-state index >= 15 is 0 Å². The van der Waals surface area contributed by atoms with Crippen LogP contribution in [0.4, 0.5) is 0 Å². The molecule has 1 unspecified atom stereocenters. The molecule has 6 heteroatoms. The van der Waals surface area contributed by atoms with Crippen molar-refractivity contribution >= 4 is 11.9 Å². The zero-order valence-electron chi connectivity index (χ0n) is 15.9. The second-order valence-electron chi connectivity index (χ2n) is 6.61. The lowest BCUT2D eigenvalue weighted by Gasteiger charge is -2.26. The molecule has 1 aliphatic heterocycles. The first-order valence-electron chi connectivity index (χ1n) is 8.99. The Morgan fingerprint density at radius 3 is 2.75 bits per heavy atom. The maximum Gasteiger partial charge on any atom is 0.239 e. The molecule has 0 spiro atoms. The predicted molar refractivity (Wildman–Crippen MR) is 101 cm³/mol. The van der Waals surface area contributed by atoms with E-state index in [1.54, 1.807) is 4.90 Å². The average molecular weight is 338 g/mol. The van der Waals surface area contributed by atoms with Gasteiger partial charge >= 0.3 is 0 Å². The minimum Gasteiger partial charge on any atom is -0.356 e. The summed E-state index contributed by atoms with van der Waals surface area (Å²) in [6, 6.07) is 0.0703. The predicted octanol–water partition coefficient (Wildman–Crippen LogP) is 1.40. The topological polar surface area (TPSA) is 51.2 Å². The summed E-state index contributed by atoms with van der Waals surface area (Å²) in [5.41, 5.74) is 0. The van der Waals surface area contributed by atoms with E-state index in [4.69, 9.17) is 0 Å². The minimum atomic E-state index is 0.0703. The number of likely N-dealkylation sites (tertiary alicyclic amines) is 1. The molecule has 1 amide bonds. The number of aliphatic imine (C=N–C) groups is 1. The van der Waals surface area contributed by atoms with Gasteiger partial charge in [0.15, 0.2) is 5.96 Å². The zero-order chi connectivity index (χ0) is 17.9. The molecule has 0 bridgehead atoms. The van der Waals surface area contributed by atoms with Gasteiger partial charge in [-0.25, -0.2) is 0 Å². The summed E-state index contributed by atoms with van der Waals surface area (Å²) in [4.78, 5) is 22.7. The third kappa shape index (κ3) is 6.51. The Balaban J connectivity index is 2.31. The monoisotopic (exact) mass is 337 g/mol. The lowest BCUT2D eigenvalue weighted by Crippen LogP contribution is -2.44. The van der Waals surface area contributed by atoms with Crippen LogP contribution in [0.25, 0.3) is 0 Å². The number of unbranched alkanes of at least 4 members (excludes halogenated alkanes) is 1. The summed E-state index contributed by atoms with van der Waals surface area (Å²) in [5.74, 6) is 1.17. The Hall–Kier alpha value is -1.56. The van der Waals surface area contributed by atoms with E-state index in [1.165, 1.54) is 0 Å². The van der Waals surface area contributed by atoms with Gasteiger partial charge in [0.1, 0.15) is 0 Å². The number of nitrogens with zero attached hydrogens (tertiary/aromatic N) is 4. The van der Waals surface area contributed by atoms with E-state index in [0.29, 0.717) is 0 Å². The average Bonchev–Trinajstić information content (AvgIpc) is 3.02. The standard InChI is InChI=1S/C18H35N5O/c1-6-7-8-13-22(5)18(19-2)20-12-10-15-23-14-9-11-16(23)17(24)21(3)4/h6,16H,1,7-15H2,2-5H3,(H,19,20). The summed E-state index contributed by atoms with van der Waals surface area (Å²) in [6.07, 6.45) is 7.17. The number of nitrogens with one attached hydrogen (secondary N) is 1. The van der Waals surface area contributed by atoms with Gasteiger partial charge in [-0.15, -0.1) is 6.58 Å². The van der Waals surface area contributed by atoms with Gasteiger partial charge in [0.05, 0.1) is 6.04 Å². The Bertz CT molecular complexity index is 422. The highest BCUT2D eigenvalue weighted by molar-refractivity contribution is 5.81. The van der Waals surface area contributed by atoms with Crippen molar-refractivity contribution in [2.75, 3.05) is 54.4 Å². The van der Waals surface area contributed by atoms with Gasteiger partial charge in [-0.1, -0.05) is 6.08 Å². The third-order valence-electron chi connectivity index (χ3n) is 4.47. The van der Waals surface area contributed by atoms with Crippen LogP contribution in [0.5, 0.6) is 0 Å². The molecule has 1 saturated heterocycles. The summed E-state index contributed by atoms with van der Waals surface area (Å²) < 4.78 is 0. The summed E-state index contributed by atoms with van der Waals surface area (Å²) >= 11 is 0. The Labute approximate surface area is 147 Å². The molecule has 6 nitrogen and oxygen atoms in total. The third-order valence-corrected chi connectivity index (χ3v) is 4.47. The number of guanidine groups is 1. The van der Waals surface area contributed by atoms with E-state index in [9.17, 15) is 4.79 Å². The maximum atomic E-state index is 12.2. The van der Waals surface area contributed by atoms with Crippen LogP contribution in [-0.2, 0) is 4.79 Å². The van der Waals surface area contributed by atoms with Gasteiger partial charge in [-0.05, 0) is 38.6 Å².